The molecule has 2 rings (SSSR count). The number of nitrogens with zero attached hydrogens (tertiary/aromatic N) is 1. The Balaban J connectivity index is 2.68. The van der Waals surface area contributed by atoms with Gasteiger partial charge in [0.25, 0.3) is 0 Å². The van der Waals surface area contributed by atoms with Crippen molar-refractivity contribution in [3.8, 4) is 0 Å². The maximum absolute atomic E-state index is 13.0. The number of rotatable bonds is 2. The van der Waals surface area contributed by atoms with Crippen molar-refractivity contribution in [3.05, 3.63) is 35.8 Å². The van der Waals surface area contributed by atoms with Gasteiger partial charge in [0, 0.05) is 31.2 Å². The summed E-state index contributed by atoms with van der Waals surface area (Å²) in [5.74, 6) is -0.147. The lowest BCUT2D eigenvalue weighted by Crippen LogP contribution is -1.97. The standard InChI is InChI=1S/C12H14FNO/c1-8(7-15)11-6-14(2)12-5-9(13)3-4-10(11)12/h3-6,8,15H,7H2,1-2H3. The second-order valence-electron chi connectivity index (χ2n) is 3.94. The molecule has 1 unspecified atom stereocenters. The predicted molar refractivity (Wildman–Crippen MR) is 58.4 cm³/mol. The summed E-state index contributed by atoms with van der Waals surface area (Å²) in [5, 5.41) is 10.1. The molecule has 0 fully saturated rings. The number of fused-ring (bicyclic) bond motifs is 1. The van der Waals surface area contributed by atoms with Gasteiger partial charge in [-0.3, -0.25) is 0 Å². The van der Waals surface area contributed by atoms with E-state index in [-0.39, 0.29) is 18.3 Å². The first-order chi connectivity index (χ1) is 7.13. The van der Waals surface area contributed by atoms with Gasteiger partial charge in [-0.25, -0.2) is 4.39 Å². The van der Waals surface area contributed by atoms with Crippen molar-refractivity contribution in [2.24, 2.45) is 7.05 Å². The minimum absolute atomic E-state index is 0.0826. The van der Waals surface area contributed by atoms with E-state index in [9.17, 15) is 4.39 Å². The van der Waals surface area contributed by atoms with Crippen molar-refractivity contribution in [2.75, 3.05) is 6.61 Å². The number of hydrogen-bond donors (Lipinski definition) is 1. The lowest BCUT2D eigenvalue weighted by molar-refractivity contribution is 0.273. The van der Waals surface area contributed by atoms with Gasteiger partial charge in [0.05, 0.1) is 5.52 Å². The summed E-state index contributed by atoms with van der Waals surface area (Å²) in [5.41, 5.74) is 1.93. The molecule has 1 atom stereocenters. The quantitative estimate of drug-likeness (QED) is 0.803. The van der Waals surface area contributed by atoms with Gasteiger partial charge in [0.15, 0.2) is 0 Å². The molecule has 0 amide bonds. The number of aliphatic hydroxyl groups excluding tert-OH is 1. The average molecular weight is 207 g/mol. The molecular formula is C12H14FNO. The van der Waals surface area contributed by atoms with Crippen LogP contribution < -0.4 is 0 Å². The summed E-state index contributed by atoms with van der Waals surface area (Å²) in [4.78, 5) is 0. The highest BCUT2D eigenvalue weighted by molar-refractivity contribution is 5.84. The molecule has 15 heavy (non-hydrogen) atoms. The molecule has 0 radical (unpaired) electrons. The number of aromatic nitrogens is 1. The summed E-state index contributed by atoms with van der Waals surface area (Å²) < 4.78 is 14.9. The third kappa shape index (κ3) is 1.63. The van der Waals surface area contributed by atoms with Gasteiger partial charge >= 0.3 is 0 Å². The Hall–Kier alpha value is -1.35. The molecule has 0 saturated heterocycles. The first-order valence-electron chi connectivity index (χ1n) is 4.99. The van der Waals surface area contributed by atoms with Crippen molar-refractivity contribution in [1.82, 2.24) is 4.57 Å². The van der Waals surface area contributed by atoms with E-state index < -0.39 is 0 Å². The summed E-state index contributed by atoms with van der Waals surface area (Å²) >= 11 is 0. The average Bonchev–Trinajstić information content (AvgIpc) is 2.55. The third-order valence-electron chi connectivity index (χ3n) is 2.79. The van der Waals surface area contributed by atoms with Crippen molar-refractivity contribution in [2.45, 2.75) is 12.8 Å². The Morgan fingerprint density at radius 3 is 2.87 bits per heavy atom. The van der Waals surface area contributed by atoms with E-state index in [2.05, 4.69) is 0 Å². The zero-order valence-corrected chi connectivity index (χ0v) is 8.87. The number of benzene rings is 1. The normalized spacial score (nSPS) is 13.3. The van der Waals surface area contributed by atoms with E-state index >= 15 is 0 Å². The van der Waals surface area contributed by atoms with Crippen LogP contribution in [0.15, 0.2) is 24.4 Å². The minimum Gasteiger partial charge on any atom is -0.396 e. The van der Waals surface area contributed by atoms with Crippen LogP contribution in [0.25, 0.3) is 10.9 Å². The molecule has 1 aromatic carbocycles. The fourth-order valence-corrected chi connectivity index (χ4v) is 1.88. The van der Waals surface area contributed by atoms with Crippen LogP contribution in [0.4, 0.5) is 4.39 Å². The predicted octanol–water partition coefficient (Wildman–Crippen LogP) is 2.41. The number of aryl methyl sites for hydroxylation is 1. The molecule has 0 saturated carbocycles. The Bertz CT molecular complexity index is 490. The summed E-state index contributed by atoms with van der Waals surface area (Å²) in [6.45, 7) is 2.06. The molecule has 3 heteroatoms. The van der Waals surface area contributed by atoms with Gasteiger partial charge in [-0.2, -0.15) is 0 Å². The van der Waals surface area contributed by atoms with Gasteiger partial charge < -0.3 is 9.67 Å². The molecule has 0 aliphatic carbocycles. The van der Waals surface area contributed by atoms with Crippen LogP contribution in [0, 0.1) is 5.82 Å². The zero-order valence-electron chi connectivity index (χ0n) is 8.87. The largest absolute Gasteiger partial charge is 0.396 e. The minimum atomic E-state index is -0.230. The number of aliphatic hydroxyl groups is 1. The highest BCUT2D eigenvalue weighted by Gasteiger charge is 2.12. The Labute approximate surface area is 88.0 Å². The first kappa shape index (κ1) is 10.2. The van der Waals surface area contributed by atoms with Gasteiger partial charge in [-0.15, -0.1) is 0 Å². The smallest absolute Gasteiger partial charge is 0.125 e. The van der Waals surface area contributed by atoms with Crippen molar-refractivity contribution < 1.29 is 9.50 Å². The van der Waals surface area contributed by atoms with Crippen LogP contribution in [0.2, 0.25) is 0 Å². The molecule has 0 spiro atoms. The molecule has 80 valence electrons. The molecule has 2 nitrogen and oxygen atoms in total. The van der Waals surface area contributed by atoms with Crippen LogP contribution in [0.1, 0.15) is 18.4 Å². The molecule has 1 aromatic heterocycles. The second kappa shape index (κ2) is 3.66. The molecular weight excluding hydrogens is 193 g/mol. The number of halogens is 1. The zero-order chi connectivity index (χ0) is 11.0. The molecule has 0 aliphatic heterocycles. The maximum atomic E-state index is 13.0. The van der Waals surface area contributed by atoms with E-state index in [1.807, 2.05) is 24.7 Å². The Kier molecular flexibility index (Phi) is 2.49. The molecule has 2 aromatic rings. The van der Waals surface area contributed by atoms with Crippen LogP contribution in [0.3, 0.4) is 0 Å². The molecule has 0 bridgehead atoms. The van der Waals surface area contributed by atoms with Crippen molar-refractivity contribution in [3.63, 3.8) is 0 Å². The molecule has 1 heterocycles. The van der Waals surface area contributed by atoms with Crippen LogP contribution in [0.5, 0.6) is 0 Å². The van der Waals surface area contributed by atoms with Crippen LogP contribution in [-0.2, 0) is 7.05 Å². The third-order valence-corrected chi connectivity index (χ3v) is 2.79. The monoisotopic (exact) mass is 207 g/mol. The molecule has 1 N–H and O–H groups in total. The maximum Gasteiger partial charge on any atom is 0.125 e. The van der Waals surface area contributed by atoms with E-state index in [4.69, 9.17) is 5.11 Å². The van der Waals surface area contributed by atoms with Gasteiger partial charge in [0.2, 0.25) is 0 Å². The summed E-state index contributed by atoms with van der Waals surface area (Å²) in [6.07, 6.45) is 1.95. The lowest BCUT2D eigenvalue weighted by Gasteiger charge is -2.05. The Morgan fingerprint density at radius 1 is 1.47 bits per heavy atom. The highest BCUT2D eigenvalue weighted by Crippen LogP contribution is 2.27. The van der Waals surface area contributed by atoms with Crippen molar-refractivity contribution in [1.29, 1.82) is 0 Å². The second-order valence-corrected chi connectivity index (χ2v) is 3.94. The first-order valence-corrected chi connectivity index (χ1v) is 4.99. The Morgan fingerprint density at radius 2 is 2.20 bits per heavy atom. The summed E-state index contributed by atoms with van der Waals surface area (Å²) in [7, 11) is 1.88. The summed E-state index contributed by atoms with van der Waals surface area (Å²) in [6, 6.07) is 4.74. The SMILES string of the molecule is CC(CO)c1cn(C)c2cc(F)ccc12. The van der Waals surface area contributed by atoms with Gasteiger partial charge in [0.1, 0.15) is 5.82 Å². The van der Waals surface area contributed by atoms with E-state index in [0.717, 1.165) is 16.5 Å². The van der Waals surface area contributed by atoms with Gasteiger partial charge in [-0.1, -0.05) is 6.92 Å². The van der Waals surface area contributed by atoms with E-state index in [0.29, 0.717) is 0 Å². The van der Waals surface area contributed by atoms with Gasteiger partial charge in [-0.05, 0) is 23.8 Å². The van der Waals surface area contributed by atoms with E-state index in [1.54, 1.807) is 6.07 Å². The fraction of sp³-hybridized carbons (Fsp3) is 0.333. The lowest BCUT2D eigenvalue weighted by atomic mass is 10.0. The number of hydrogen-bond acceptors (Lipinski definition) is 1. The fourth-order valence-electron chi connectivity index (χ4n) is 1.88. The highest BCUT2D eigenvalue weighted by atomic mass is 19.1. The van der Waals surface area contributed by atoms with Crippen molar-refractivity contribution >= 4 is 10.9 Å². The topological polar surface area (TPSA) is 25.2 Å². The van der Waals surface area contributed by atoms with Crippen LogP contribution >= 0.6 is 0 Å². The molecule has 0 aliphatic rings. The van der Waals surface area contributed by atoms with Crippen LogP contribution in [-0.4, -0.2) is 16.3 Å². The van der Waals surface area contributed by atoms with E-state index in [1.165, 1.54) is 12.1 Å².